The second-order valence-electron chi connectivity index (χ2n) is 8.76. The zero-order chi connectivity index (χ0) is 21.2. The van der Waals surface area contributed by atoms with Crippen molar-refractivity contribution in [2.45, 2.75) is 56.9 Å². The summed E-state index contributed by atoms with van der Waals surface area (Å²) in [6.45, 7) is 0. The third-order valence-electron chi connectivity index (χ3n) is 6.95. The van der Waals surface area contributed by atoms with Crippen molar-refractivity contribution < 1.29 is 14.7 Å². The number of nitrogens with zero attached hydrogens (tertiary/aromatic N) is 2. The van der Waals surface area contributed by atoms with Crippen molar-refractivity contribution >= 4 is 55.6 Å². The predicted molar refractivity (Wildman–Crippen MR) is 120 cm³/mol. The number of carboxylic acid groups (broad SMARTS) is 1. The van der Waals surface area contributed by atoms with Crippen molar-refractivity contribution in [3.05, 3.63) is 33.3 Å². The fourth-order valence-corrected chi connectivity index (χ4v) is 7.72. The topological polar surface area (TPSA) is 104 Å². The summed E-state index contributed by atoms with van der Waals surface area (Å²) in [4.78, 5) is 35.9. The number of hydrogen-bond acceptors (Lipinski definition) is 7. The summed E-state index contributed by atoms with van der Waals surface area (Å²) in [6, 6.07) is 2.12. The summed E-state index contributed by atoms with van der Waals surface area (Å²) in [5.74, 6) is -0.268. The lowest BCUT2D eigenvalue weighted by atomic mass is 9.78. The van der Waals surface area contributed by atoms with Crippen LogP contribution in [0.4, 0.5) is 10.8 Å². The molecule has 0 aromatic carbocycles. The number of aromatic nitrogens is 2. The number of aryl methyl sites for hydroxylation is 1. The van der Waals surface area contributed by atoms with Gasteiger partial charge in [-0.3, -0.25) is 9.59 Å². The molecule has 0 bridgehead atoms. The molecule has 160 valence electrons. The first-order valence-corrected chi connectivity index (χ1v) is 12.4. The van der Waals surface area contributed by atoms with Crippen LogP contribution in [0.25, 0.3) is 10.2 Å². The molecular formula is C22H22N4O3S2. The van der Waals surface area contributed by atoms with Gasteiger partial charge < -0.3 is 15.7 Å². The lowest BCUT2D eigenvalue weighted by molar-refractivity contribution is -0.142. The molecular weight excluding hydrogens is 432 g/mol. The number of carbonyl (C=O) groups is 2. The summed E-state index contributed by atoms with van der Waals surface area (Å²) in [7, 11) is 0. The smallest absolute Gasteiger partial charge is 0.306 e. The summed E-state index contributed by atoms with van der Waals surface area (Å²) in [5, 5.41) is 18.0. The van der Waals surface area contributed by atoms with Gasteiger partial charge in [-0.15, -0.1) is 22.7 Å². The Morgan fingerprint density at radius 1 is 1.23 bits per heavy atom. The predicted octanol–water partition coefficient (Wildman–Crippen LogP) is 4.59. The zero-order valence-electron chi connectivity index (χ0n) is 16.9. The molecule has 3 aliphatic rings. The van der Waals surface area contributed by atoms with E-state index in [1.165, 1.54) is 23.3 Å². The molecule has 1 amide bonds. The molecule has 31 heavy (non-hydrogen) atoms. The fraction of sp³-hybridized carbons (Fsp3) is 0.455. The van der Waals surface area contributed by atoms with E-state index < -0.39 is 5.97 Å². The number of anilines is 2. The molecule has 3 aromatic rings. The van der Waals surface area contributed by atoms with E-state index in [-0.39, 0.29) is 17.4 Å². The minimum atomic E-state index is -0.726. The number of nitrogens with one attached hydrogen (secondary N) is 2. The van der Waals surface area contributed by atoms with E-state index in [9.17, 15) is 14.7 Å². The van der Waals surface area contributed by atoms with Gasteiger partial charge in [0.1, 0.15) is 17.0 Å². The van der Waals surface area contributed by atoms with Crippen LogP contribution in [0.2, 0.25) is 0 Å². The lowest BCUT2D eigenvalue weighted by Crippen LogP contribution is -2.40. The summed E-state index contributed by atoms with van der Waals surface area (Å²) >= 11 is 3.06. The monoisotopic (exact) mass is 454 g/mol. The van der Waals surface area contributed by atoms with E-state index in [0.29, 0.717) is 12.8 Å². The van der Waals surface area contributed by atoms with Gasteiger partial charge in [0.25, 0.3) is 5.91 Å². The van der Waals surface area contributed by atoms with Gasteiger partial charge in [-0.05, 0) is 43.7 Å². The maximum atomic E-state index is 12.7. The summed E-state index contributed by atoms with van der Waals surface area (Å²) in [5.41, 5.74) is 2.10. The molecule has 3 aromatic heterocycles. The average Bonchev–Trinajstić information content (AvgIpc) is 3.41. The molecule has 9 heteroatoms. The quantitative estimate of drug-likeness (QED) is 0.535. The molecule has 7 nitrogen and oxygen atoms in total. The van der Waals surface area contributed by atoms with Crippen LogP contribution in [0.1, 0.15) is 64.2 Å². The molecule has 1 fully saturated rings. The van der Waals surface area contributed by atoms with E-state index in [4.69, 9.17) is 0 Å². The Hall–Kier alpha value is -2.52. The molecule has 0 saturated heterocycles. The molecule has 1 aliphatic heterocycles. The van der Waals surface area contributed by atoms with Crippen LogP contribution in [0, 0.1) is 5.92 Å². The average molecular weight is 455 g/mol. The van der Waals surface area contributed by atoms with Crippen molar-refractivity contribution in [1.29, 1.82) is 0 Å². The third kappa shape index (κ3) is 2.97. The Morgan fingerprint density at radius 3 is 2.87 bits per heavy atom. The Balaban J connectivity index is 1.36. The zero-order valence-corrected chi connectivity index (χ0v) is 18.5. The number of rotatable bonds is 3. The highest BCUT2D eigenvalue weighted by Gasteiger charge is 2.45. The first-order valence-electron chi connectivity index (χ1n) is 10.8. The minimum absolute atomic E-state index is 0.0374. The summed E-state index contributed by atoms with van der Waals surface area (Å²) in [6.07, 6.45) is 8.99. The van der Waals surface area contributed by atoms with Gasteiger partial charge in [0.15, 0.2) is 0 Å². The number of carboxylic acids is 1. The number of aliphatic carboxylic acids is 1. The first kappa shape index (κ1) is 19.2. The Morgan fingerprint density at radius 2 is 2.06 bits per heavy atom. The molecule has 1 spiro atoms. The maximum Gasteiger partial charge on any atom is 0.306 e. The highest BCUT2D eigenvalue weighted by molar-refractivity contribution is 7.19. The SMILES string of the molecule is O=C1NC2(CCCCC2)c2cc(Nc3ncnc4sc5c(c34)CCC(C(=O)O)C5)sc21. The standard InChI is InChI=1S/C22H22N4O3S2/c27-19-17-13(22(26-19)6-2-1-3-7-22)9-15(31-17)25-18-16-12-5-4-11(21(28)29)8-14(12)30-20(16)24-10-23-18/h9-11H,1-8H2,(H,26,27)(H,28,29)(H,23,24,25). The Kier molecular flexibility index (Phi) is 4.33. The molecule has 3 N–H and O–H groups in total. The molecule has 4 heterocycles. The van der Waals surface area contributed by atoms with Gasteiger partial charge in [-0.25, -0.2) is 9.97 Å². The van der Waals surface area contributed by atoms with Crippen molar-refractivity contribution in [1.82, 2.24) is 15.3 Å². The van der Waals surface area contributed by atoms with Gasteiger partial charge >= 0.3 is 5.97 Å². The van der Waals surface area contributed by atoms with Gasteiger partial charge in [0, 0.05) is 10.4 Å². The highest BCUT2D eigenvalue weighted by Crippen LogP contribution is 2.48. The Labute approximate surface area is 186 Å². The number of amides is 1. The number of carbonyl (C=O) groups excluding carboxylic acids is 1. The Bertz CT molecular complexity index is 1230. The lowest BCUT2D eigenvalue weighted by Gasteiger charge is -2.33. The molecule has 2 aliphatic carbocycles. The highest BCUT2D eigenvalue weighted by atomic mass is 32.1. The van der Waals surface area contributed by atoms with Crippen molar-refractivity contribution in [2.24, 2.45) is 5.92 Å². The molecule has 0 radical (unpaired) electrons. The number of thiophene rings is 2. The van der Waals surface area contributed by atoms with Gasteiger partial charge in [0.05, 0.1) is 26.7 Å². The maximum absolute atomic E-state index is 12.7. The van der Waals surface area contributed by atoms with Crippen molar-refractivity contribution in [3.8, 4) is 0 Å². The molecule has 1 saturated carbocycles. The number of hydrogen-bond donors (Lipinski definition) is 3. The second-order valence-corrected chi connectivity index (χ2v) is 10.9. The minimum Gasteiger partial charge on any atom is -0.481 e. The van der Waals surface area contributed by atoms with Gasteiger partial charge in [-0.1, -0.05) is 19.3 Å². The van der Waals surface area contributed by atoms with Crippen LogP contribution >= 0.6 is 22.7 Å². The van der Waals surface area contributed by atoms with Gasteiger partial charge in [-0.2, -0.15) is 0 Å². The first-order chi connectivity index (χ1) is 15.0. The normalized spacial score (nSPS) is 21.7. The van der Waals surface area contributed by atoms with E-state index >= 15 is 0 Å². The van der Waals surface area contributed by atoms with Crippen molar-refractivity contribution in [2.75, 3.05) is 5.32 Å². The van der Waals surface area contributed by atoms with Crippen LogP contribution in [0.15, 0.2) is 12.4 Å². The van der Waals surface area contributed by atoms with Crippen LogP contribution in [-0.4, -0.2) is 27.0 Å². The fourth-order valence-electron chi connectivity index (χ4n) is 5.40. The molecule has 1 atom stereocenters. The van der Waals surface area contributed by atoms with Crippen LogP contribution < -0.4 is 10.6 Å². The summed E-state index contributed by atoms with van der Waals surface area (Å²) < 4.78 is 0. The van der Waals surface area contributed by atoms with E-state index in [0.717, 1.165) is 68.5 Å². The molecule has 1 unspecified atom stereocenters. The van der Waals surface area contributed by atoms with E-state index in [1.54, 1.807) is 17.7 Å². The number of fused-ring (bicyclic) bond motifs is 5. The van der Waals surface area contributed by atoms with E-state index in [1.807, 2.05) is 0 Å². The van der Waals surface area contributed by atoms with Gasteiger partial charge in [0.2, 0.25) is 0 Å². The second kappa shape index (κ2) is 7.00. The third-order valence-corrected chi connectivity index (χ3v) is 9.16. The van der Waals surface area contributed by atoms with Crippen molar-refractivity contribution in [3.63, 3.8) is 0 Å². The van der Waals surface area contributed by atoms with Crippen LogP contribution in [-0.2, 0) is 23.2 Å². The van der Waals surface area contributed by atoms with Crippen LogP contribution in [0.3, 0.4) is 0 Å². The molecule has 6 rings (SSSR count). The van der Waals surface area contributed by atoms with Crippen LogP contribution in [0.5, 0.6) is 0 Å². The van der Waals surface area contributed by atoms with E-state index in [2.05, 4.69) is 26.7 Å². The largest absolute Gasteiger partial charge is 0.481 e.